The molecule has 11 heteroatoms. The van der Waals surface area contributed by atoms with Crippen LogP contribution in [0.3, 0.4) is 0 Å². The summed E-state index contributed by atoms with van der Waals surface area (Å²) in [7, 11) is 4.53. The molecule has 0 saturated carbocycles. The highest BCUT2D eigenvalue weighted by atomic mass is 16.5. The first kappa shape index (κ1) is 30.0. The molecule has 3 amide bonds. The van der Waals surface area contributed by atoms with Gasteiger partial charge >= 0.3 is 0 Å². The summed E-state index contributed by atoms with van der Waals surface area (Å²) in [5, 5.41) is 9.35. The SMILES string of the molecule is COc1ccc([C@@H](C(=O)NC(C)(C)C)N(C(=O)CCC(=O)Nc2cc(C)on2)c2ccc(OC)cc2OC)cc1. The molecule has 0 fully saturated rings. The normalized spacial score (nSPS) is 11.8. The maximum atomic E-state index is 14.0. The van der Waals surface area contributed by atoms with Crippen LogP contribution >= 0.6 is 0 Å². The van der Waals surface area contributed by atoms with Crippen LogP contribution in [0.4, 0.5) is 11.5 Å². The number of hydrogen-bond donors (Lipinski definition) is 2. The predicted octanol–water partition coefficient (Wildman–Crippen LogP) is 4.42. The van der Waals surface area contributed by atoms with Crippen molar-refractivity contribution in [2.45, 2.75) is 52.1 Å². The summed E-state index contributed by atoms with van der Waals surface area (Å²) in [6.45, 7) is 7.26. The van der Waals surface area contributed by atoms with Gasteiger partial charge in [-0.15, -0.1) is 0 Å². The van der Waals surface area contributed by atoms with E-state index in [1.54, 1.807) is 62.6 Å². The van der Waals surface area contributed by atoms with Gasteiger partial charge in [-0.3, -0.25) is 19.3 Å². The van der Waals surface area contributed by atoms with E-state index in [0.717, 1.165) is 0 Å². The van der Waals surface area contributed by atoms with Gasteiger partial charge in [-0.2, -0.15) is 0 Å². The number of amides is 3. The van der Waals surface area contributed by atoms with Gasteiger partial charge < -0.3 is 29.4 Å². The number of carbonyl (C=O) groups is 3. The van der Waals surface area contributed by atoms with E-state index in [4.69, 9.17) is 18.7 Å². The van der Waals surface area contributed by atoms with Gasteiger partial charge in [0.2, 0.25) is 17.7 Å². The van der Waals surface area contributed by atoms with Crippen molar-refractivity contribution in [2.24, 2.45) is 0 Å². The number of anilines is 2. The Bertz CT molecular complexity index is 1330. The van der Waals surface area contributed by atoms with Gasteiger partial charge in [0.05, 0.1) is 27.0 Å². The second kappa shape index (κ2) is 13.0. The standard InChI is InChI=1S/C29H36N4O7/c1-18-16-24(32-40-18)30-25(34)14-15-26(35)33(22-13-12-21(38-6)17-23(22)39-7)27(28(36)31-29(2,3)4)19-8-10-20(37-5)11-9-19/h8-13,16-17,27H,14-15H2,1-7H3,(H,31,36)(H,30,32,34)/t27-/m0/s1. The van der Waals surface area contributed by atoms with E-state index in [-0.39, 0.29) is 18.7 Å². The molecule has 1 heterocycles. The maximum absolute atomic E-state index is 14.0. The van der Waals surface area contributed by atoms with Crippen molar-refractivity contribution >= 4 is 29.2 Å². The van der Waals surface area contributed by atoms with Crippen molar-refractivity contribution in [3.05, 3.63) is 59.9 Å². The van der Waals surface area contributed by atoms with Gasteiger partial charge in [-0.05, 0) is 57.5 Å². The van der Waals surface area contributed by atoms with Crippen LogP contribution < -0.4 is 29.7 Å². The number of ether oxygens (including phenoxy) is 3. The minimum atomic E-state index is -1.10. The maximum Gasteiger partial charge on any atom is 0.248 e. The minimum Gasteiger partial charge on any atom is -0.497 e. The Hall–Kier alpha value is -4.54. The molecule has 214 valence electrons. The number of methoxy groups -OCH3 is 3. The molecule has 0 aliphatic heterocycles. The molecule has 1 aromatic heterocycles. The molecule has 0 aliphatic rings. The van der Waals surface area contributed by atoms with Crippen LogP contribution in [0.2, 0.25) is 0 Å². The van der Waals surface area contributed by atoms with E-state index in [0.29, 0.717) is 34.3 Å². The molecule has 0 saturated heterocycles. The topological polar surface area (TPSA) is 132 Å². The van der Waals surface area contributed by atoms with Crippen LogP contribution in [0.25, 0.3) is 0 Å². The van der Waals surface area contributed by atoms with E-state index in [2.05, 4.69) is 15.8 Å². The van der Waals surface area contributed by atoms with Gasteiger partial charge in [0.1, 0.15) is 29.1 Å². The summed E-state index contributed by atoms with van der Waals surface area (Å²) in [6.07, 6.45) is -0.358. The molecule has 0 bridgehead atoms. The summed E-state index contributed by atoms with van der Waals surface area (Å²) in [6, 6.07) is 12.3. The second-order valence-corrected chi connectivity index (χ2v) is 10.1. The van der Waals surface area contributed by atoms with E-state index in [1.165, 1.54) is 19.1 Å². The third kappa shape index (κ3) is 7.75. The van der Waals surface area contributed by atoms with Crippen molar-refractivity contribution in [2.75, 3.05) is 31.5 Å². The van der Waals surface area contributed by atoms with Crippen molar-refractivity contribution < 1.29 is 33.1 Å². The molecule has 1 atom stereocenters. The molecule has 11 nitrogen and oxygen atoms in total. The van der Waals surface area contributed by atoms with Crippen molar-refractivity contribution in [3.63, 3.8) is 0 Å². The predicted molar refractivity (Wildman–Crippen MR) is 150 cm³/mol. The van der Waals surface area contributed by atoms with Crippen molar-refractivity contribution in [1.29, 1.82) is 0 Å². The zero-order chi connectivity index (χ0) is 29.4. The highest BCUT2D eigenvalue weighted by molar-refractivity contribution is 6.04. The van der Waals surface area contributed by atoms with E-state index < -0.39 is 29.3 Å². The molecule has 0 spiro atoms. The summed E-state index contributed by atoms with van der Waals surface area (Å²) >= 11 is 0. The van der Waals surface area contributed by atoms with Gasteiger partial charge in [0, 0.05) is 30.5 Å². The molecule has 0 unspecified atom stereocenters. The summed E-state index contributed by atoms with van der Waals surface area (Å²) in [4.78, 5) is 41.8. The molecular weight excluding hydrogens is 516 g/mol. The summed E-state index contributed by atoms with van der Waals surface area (Å²) < 4.78 is 21.2. The van der Waals surface area contributed by atoms with Crippen LogP contribution in [0.15, 0.2) is 53.1 Å². The summed E-state index contributed by atoms with van der Waals surface area (Å²) in [5.74, 6) is 0.904. The van der Waals surface area contributed by atoms with Gasteiger partial charge in [0.15, 0.2) is 5.82 Å². The van der Waals surface area contributed by atoms with Crippen molar-refractivity contribution in [3.8, 4) is 17.2 Å². The Kier molecular flexibility index (Phi) is 9.76. The number of benzene rings is 2. The second-order valence-electron chi connectivity index (χ2n) is 10.1. The van der Waals surface area contributed by atoms with Gasteiger partial charge in [-0.1, -0.05) is 17.3 Å². The fraction of sp³-hybridized carbons (Fsp3) is 0.379. The number of nitrogens with zero attached hydrogens (tertiary/aromatic N) is 2. The lowest BCUT2D eigenvalue weighted by molar-refractivity contribution is -0.128. The van der Waals surface area contributed by atoms with Gasteiger partial charge in [0.25, 0.3) is 0 Å². The van der Waals surface area contributed by atoms with Gasteiger partial charge in [-0.25, -0.2) is 0 Å². The zero-order valence-electron chi connectivity index (χ0n) is 23.9. The monoisotopic (exact) mass is 552 g/mol. The molecule has 0 radical (unpaired) electrons. The molecular formula is C29H36N4O7. The lowest BCUT2D eigenvalue weighted by Gasteiger charge is -2.34. The molecule has 2 aromatic carbocycles. The number of nitrogens with one attached hydrogen (secondary N) is 2. The van der Waals surface area contributed by atoms with E-state index in [9.17, 15) is 14.4 Å². The average molecular weight is 553 g/mol. The van der Waals surface area contributed by atoms with Crippen molar-refractivity contribution in [1.82, 2.24) is 10.5 Å². The van der Waals surface area contributed by atoms with Crippen LogP contribution in [0.1, 0.15) is 51.0 Å². The number of hydrogen-bond acceptors (Lipinski definition) is 8. The van der Waals surface area contributed by atoms with E-state index >= 15 is 0 Å². The molecule has 3 rings (SSSR count). The lowest BCUT2D eigenvalue weighted by Crippen LogP contribution is -2.49. The molecule has 3 aromatic rings. The number of carbonyl (C=O) groups excluding carboxylic acids is 3. The molecule has 2 N–H and O–H groups in total. The highest BCUT2D eigenvalue weighted by Crippen LogP contribution is 2.38. The number of aryl methyl sites for hydroxylation is 1. The minimum absolute atomic E-state index is 0.157. The first-order chi connectivity index (χ1) is 18.9. The average Bonchev–Trinajstić information content (AvgIpc) is 3.33. The van der Waals surface area contributed by atoms with Crippen LogP contribution in [-0.2, 0) is 14.4 Å². The largest absolute Gasteiger partial charge is 0.497 e. The van der Waals surface area contributed by atoms with Crippen LogP contribution in [0.5, 0.6) is 17.2 Å². The third-order valence-corrected chi connectivity index (χ3v) is 5.81. The zero-order valence-corrected chi connectivity index (χ0v) is 23.9. The Morgan fingerprint density at radius 2 is 1.57 bits per heavy atom. The Balaban J connectivity index is 2.05. The fourth-order valence-electron chi connectivity index (χ4n) is 4.01. The first-order valence-electron chi connectivity index (χ1n) is 12.7. The lowest BCUT2D eigenvalue weighted by atomic mass is 9.99. The molecule has 40 heavy (non-hydrogen) atoms. The Morgan fingerprint density at radius 3 is 2.12 bits per heavy atom. The first-order valence-corrected chi connectivity index (χ1v) is 12.7. The van der Waals surface area contributed by atoms with Crippen LogP contribution in [0, 0.1) is 6.92 Å². The molecule has 0 aliphatic carbocycles. The third-order valence-electron chi connectivity index (χ3n) is 5.81. The number of aromatic nitrogens is 1. The Morgan fingerprint density at radius 1 is 0.925 bits per heavy atom. The smallest absolute Gasteiger partial charge is 0.248 e. The summed E-state index contributed by atoms with van der Waals surface area (Å²) in [5.41, 5.74) is 0.290. The van der Waals surface area contributed by atoms with Crippen LogP contribution in [-0.4, -0.2) is 49.7 Å². The van der Waals surface area contributed by atoms with E-state index in [1.807, 2.05) is 20.8 Å². The Labute approximate surface area is 233 Å². The highest BCUT2D eigenvalue weighted by Gasteiger charge is 2.36. The number of rotatable bonds is 11. The quantitative estimate of drug-likeness (QED) is 0.357. The fourth-order valence-corrected chi connectivity index (χ4v) is 4.01.